The van der Waals surface area contributed by atoms with Gasteiger partial charge in [-0.3, -0.25) is 0 Å². The van der Waals surface area contributed by atoms with Crippen molar-refractivity contribution in [1.29, 1.82) is 0 Å². The van der Waals surface area contributed by atoms with Crippen LogP contribution < -0.4 is 5.01 Å². The van der Waals surface area contributed by atoms with E-state index < -0.39 is 17.8 Å². The minimum absolute atomic E-state index is 0.0555. The van der Waals surface area contributed by atoms with Gasteiger partial charge in [0.05, 0.1) is 11.6 Å². The van der Waals surface area contributed by atoms with Crippen molar-refractivity contribution in [1.82, 2.24) is 4.98 Å². The fraction of sp³-hybridized carbons (Fsp3) is 0.474. The third-order valence-corrected chi connectivity index (χ3v) is 6.22. The molecule has 2 aliphatic rings. The summed E-state index contributed by atoms with van der Waals surface area (Å²) in [5.41, 5.74) is -0.149. The second-order valence-electron chi connectivity index (χ2n) is 7.44. The molecule has 0 amide bonds. The van der Waals surface area contributed by atoms with Gasteiger partial charge in [0.2, 0.25) is 5.13 Å². The maximum Gasteiger partial charge on any atom is 0.439 e. The van der Waals surface area contributed by atoms with Crippen molar-refractivity contribution >= 4 is 22.2 Å². The van der Waals surface area contributed by atoms with E-state index in [1.807, 2.05) is 38.1 Å². The van der Waals surface area contributed by atoms with Crippen LogP contribution in [0.1, 0.15) is 31.7 Å². The van der Waals surface area contributed by atoms with E-state index in [1.54, 1.807) is 5.38 Å². The molecule has 2 heterocycles. The first kappa shape index (κ1) is 18.4. The highest BCUT2D eigenvalue weighted by atomic mass is 32.1. The highest BCUT2D eigenvalue weighted by Gasteiger charge is 2.68. The molecule has 4 nitrogen and oxygen atoms in total. The van der Waals surface area contributed by atoms with E-state index in [2.05, 4.69) is 10.1 Å². The lowest BCUT2D eigenvalue weighted by Crippen LogP contribution is -2.60. The van der Waals surface area contributed by atoms with Crippen LogP contribution in [0.15, 0.2) is 34.7 Å². The number of hydrogen-bond donors (Lipinski definition) is 1. The lowest BCUT2D eigenvalue weighted by Gasteiger charge is -2.39. The first-order valence-electron chi connectivity index (χ1n) is 8.89. The van der Waals surface area contributed by atoms with E-state index in [-0.39, 0.29) is 17.5 Å². The lowest BCUT2D eigenvalue weighted by atomic mass is 9.76. The van der Waals surface area contributed by atoms with Crippen molar-refractivity contribution in [2.45, 2.75) is 45.0 Å². The van der Waals surface area contributed by atoms with Gasteiger partial charge in [0.15, 0.2) is 0 Å². The zero-order valence-electron chi connectivity index (χ0n) is 15.0. The van der Waals surface area contributed by atoms with Gasteiger partial charge in [-0.15, -0.1) is 11.3 Å². The number of fused-ring (bicyclic) bond motifs is 1. The van der Waals surface area contributed by atoms with Crippen LogP contribution in [0.2, 0.25) is 0 Å². The van der Waals surface area contributed by atoms with Gasteiger partial charge < -0.3 is 5.11 Å². The molecule has 1 aromatic carbocycles. The molecular weight excluding hydrogens is 375 g/mol. The van der Waals surface area contributed by atoms with Gasteiger partial charge in [0, 0.05) is 16.7 Å². The van der Waals surface area contributed by atoms with Crippen LogP contribution in [0.4, 0.5) is 18.3 Å². The molecule has 3 atom stereocenters. The summed E-state index contributed by atoms with van der Waals surface area (Å²) in [4.78, 5) is 4.36. The Labute approximate surface area is 159 Å². The number of anilines is 1. The summed E-state index contributed by atoms with van der Waals surface area (Å²) in [6.45, 7) is 3.87. The quantitative estimate of drug-likeness (QED) is 0.780. The molecule has 27 heavy (non-hydrogen) atoms. The Kier molecular flexibility index (Phi) is 4.31. The van der Waals surface area contributed by atoms with Crippen LogP contribution in [-0.4, -0.2) is 27.7 Å². The second-order valence-corrected chi connectivity index (χ2v) is 8.28. The van der Waals surface area contributed by atoms with E-state index in [1.165, 1.54) is 0 Å². The molecule has 0 unspecified atom stereocenters. The minimum Gasteiger partial charge on any atom is -0.362 e. The standard InChI is InChI=1S/C19H20F3N3OS/c1-11-3-6-13(7-4-11)16-10-27-17(23-16)25-18(26,19(20,21)22)14-9-12(2)5-8-15(14)24-25/h3-4,6-7,10,12,14,26H,5,8-9H2,1-2H3/t12-,14+,18-/m0/s1. The molecule has 1 aliphatic heterocycles. The molecule has 0 saturated heterocycles. The summed E-state index contributed by atoms with van der Waals surface area (Å²) in [5.74, 6) is -0.935. The first-order valence-corrected chi connectivity index (χ1v) is 9.77. The number of aliphatic hydroxyl groups is 1. The molecule has 1 fully saturated rings. The first-order chi connectivity index (χ1) is 12.7. The molecule has 1 aromatic heterocycles. The fourth-order valence-electron chi connectivity index (χ4n) is 3.82. The number of benzene rings is 1. The molecule has 0 radical (unpaired) electrons. The number of nitrogens with zero attached hydrogens (tertiary/aromatic N) is 3. The molecule has 0 spiro atoms. The van der Waals surface area contributed by atoms with Crippen molar-refractivity contribution in [3.05, 3.63) is 35.2 Å². The normalized spacial score (nSPS) is 28.2. The zero-order chi connectivity index (χ0) is 19.4. The predicted octanol–water partition coefficient (Wildman–Crippen LogP) is 4.98. The SMILES string of the molecule is Cc1ccc(-c2csc(N3N=C4CC[C@H](C)C[C@H]4[C@]3(O)C(F)(F)F)n2)cc1. The number of aryl methyl sites for hydroxylation is 1. The topological polar surface area (TPSA) is 48.7 Å². The van der Waals surface area contributed by atoms with Crippen LogP contribution in [0.5, 0.6) is 0 Å². The van der Waals surface area contributed by atoms with Gasteiger partial charge in [-0.05, 0) is 32.1 Å². The summed E-state index contributed by atoms with van der Waals surface area (Å²) >= 11 is 1.06. The van der Waals surface area contributed by atoms with Crippen LogP contribution >= 0.6 is 11.3 Å². The molecule has 0 bridgehead atoms. The number of halogens is 3. The number of aromatic nitrogens is 1. The van der Waals surface area contributed by atoms with Crippen molar-refractivity contribution in [2.24, 2.45) is 16.9 Å². The van der Waals surface area contributed by atoms with Crippen molar-refractivity contribution < 1.29 is 18.3 Å². The largest absolute Gasteiger partial charge is 0.439 e. The molecule has 4 rings (SSSR count). The van der Waals surface area contributed by atoms with Crippen molar-refractivity contribution in [3.8, 4) is 11.3 Å². The third kappa shape index (κ3) is 2.95. The Hall–Kier alpha value is -1.93. The van der Waals surface area contributed by atoms with Crippen LogP contribution in [0, 0.1) is 18.8 Å². The second kappa shape index (κ2) is 6.31. The Balaban J connectivity index is 1.74. The Morgan fingerprint density at radius 3 is 2.63 bits per heavy atom. The van der Waals surface area contributed by atoms with Crippen LogP contribution in [0.3, 0.4) is 0 Å². The number of alkyl halides is 3. The zero-order valence-corrected chi connectivity index (χ0v) is 15.8. The summed E-state index contributed by atoms with van der Waals surface area (Å²) in [5, 5.41) is 17.5. The monoisotopic (exact) mass is 395 g/mol. The molecule has 1 saturated carbocycles. The summed E-state index contributed by atoms with van der Waals surface area (Å²) in [6, 6.07) is 7.60. The minimum atomic E-state index is -4.84. The highest BCUT2D eigenvalue weighted by molar-refractivity contribution is 7.14. The van der Waals surface area contributed by atoms with Crippen molar-refractivity contribution in [3.63, 3.8) is 0 Å². The van der Waals surface area contributed by atoms with E-state index in [4.69, 9.17) is 0 Å². The molecule has 2 aromatic rings. The average Bonchev–Trinajstić information content (AvgIpc) is 3.19. The molecule has 1 aliphatic carbocycles. The highest BCUT2D eigenvalue weighted by Crippen LogP contribution is 2.51. The van der Waals surface area contributed by atoms with E-state index >= 15 is 0 Å². The number of rotatable bonds is 2. The maximum atomic E-state index is 14.0. The fourth-order valence-corrected chi connectivity index (χ4v) is 4.65. The van der Waals surface area contributed by atoms with Gasteiger partial charge in [-0.1, -0.05) is 36.8 Å². The molecule has 144 valence electrons. The molecule has 8 heteroatoms. The van der Waals surface area contributed by atoms with E-state index in [0.29, 0.717) is 22.8 Å². The number of hydrazone groups is 1. The van der Waals surface area contributed by atoms with E-state index in [9.17, 15) is 18.3 Å². The van der Waals surface area contributed by atoms with Crippen LogP contribution in [-0.2, 0) is 0 Å². The Morgan fingerprint density at radius 1 is 1.26 bits per heavy atom. The predicted molar refractivity (Wildman–Crippen MR) is 99.7 cm³/mol. The Morgan fingerprint density at radius 2 is 1.96 bits per heavy atom. The summed E-state index contributed by atoms with van der Waals surface area (Å²) in [6.07, 6.45) is -3.32. The van der Waals surface area contributed by atoms with Gasteiger partial charge in [-0.25, -0.2) is 4.98 Å². The van der Waals surface area contributed by atoms with E-state index in [0.717, 1.165) is 28.9 Å². The van der Waals surface area contributed by atoms with Gasteiger partial charge in [0.1, 0.15) is 0 Å². The van der Waals surface area contributed by atoms with Crippen molar-refractivity contribution in [2.75, 3.05) is 5.01 Å². The average molecular weight is 395 g/mol. The third-order valence-electron chi connectivity index (χ3n) is 5.41. The van der Waals surface area contributed by atoms with Crippen LogP contribution in [0.25, 0.3) is 11.3 Å². The molecule has 1 N–H and O–H groups in total. The maximum absolute atomic E-state index is 14.0. The summed E-state index contributed by atoms with van der Waals surface area (Å²) < 4.78 is 41.9. The van der Waals surface area contributed by atoms with Gasteiger partial charge in [0.25, 0.3) is 5.72 Å². The number of hydrogen-bond acceptors (Lipinski definition) is 5. The molecular formula is C19H20F3N3OS. The summed E-state index contributed by atoms with van der Waals surface area (Å²) in [7, 11) is 0. The Bertz CT molecular complexity index is 877. The number of thiazole rings is 1. The lowest BCUT2D eigenvalue weighted by molar-refractivity contribution is -0.269. The van der Waals surface area contributed by atoms with Gasteiger partial charge in [-0.2, -0.15) is 23.3 Å². The van der Waals surface area contributed by atoms with Gasteiger partial charge >= 0.3 is 6.18 Å². The smallest absolute Gasteiger partial charge is 0.362 e.